The highest BCUT2D eigenvalue weighted by Gasteiger charge is 2.34. The van der Waals surface area contributed by atoms with Gasteiger partial charge in [0, 0.05) is 6.04 Å². The summed E-state index contributed by atoms with van der Waals surface area (Å²) in [4.78, 5) is 2.70. The number of hydrogen-bond donors (Lipinski definition) is 1. The zero-order valence-corrected chi connectivity index (χ0v) is 11.2. The largest absolute Gasteiger partial charge is 0.508 e. The summed E-state index contributed by atoms with van der Waals surface area (Å²) in [5.41, 5.74) is 2.84. The van der Waals surface area contributed by atoms with Gasteiger partial charge in [0.1, 0.15) is 5.75 Å². The Balaban J connectivity index is 1.85. The number of aromatic hydroxyl groups is 1. The molecule has 1 aromatic carbocycles. The molecular formula is C16H23NO. The number of nitrogens with zero attached hydrogens (tertiary/aromatic N) is 1. The lowest BCUT2D eigenvalue weighted by atomic mass is 9.75. The third-order valence-corrected chi connectivity index (χ3v) is 4.65. The fourth-order valence-electron chi connectivity index (χ4n) is 3.82. The normalized spacial score (nSPS) is 27.6. The van der Waals surface area contributed by atoms with Crippen LogP contribution in [-0.4, -0.2) is 29.1 Å². The van der Waals surface area contributed by atoms with Gasteiger partial charge >= 0.3 is 0 Å². The molecule has 0 saturated carbocycles. The highest BCUT2D eigenvalue weighted by atomic mass is 16.3. The van der Waals surface area contributed by atoms with Gasteiger partial charge in [0.2, 0.25) is 0 Å². The van der Waals surface area contributed by atoms with Crippen molar-refractivity contribution in [1.29, 1.82) is 0 Å². The first kappa shape index (κ1) is 12.0. The van der Waals surface area contributed by atoms with Crippen LogP contribution in [-0.2, 0) is 12.8 Å². The number of likely N-dealkylation sites (tertiary alicyclic amines) is 1. The van der Waals surface area contributed by atoms with Crippen LogP contribution in [0.3, 0.4) is 0 Å². The standard InChI is InChI=1S/C16H23NO/c1-2-7-17-8-3-4-13-9-14-10-15(18)6-5-12(14)11-16(13)17/h5-6,10,13,16,18H,2-4,7-9,11H2,1H3/t13-,16+/m0/s1. The first-order valence-corrected chi connectivity index (χ1v) is 7.32. The van der Waals surface area contributed by atoms with Crippen LogP contribution >= 0.6 is 0 Å². The Bertz CT molecular complexity index is 427. The van der Waals surface area contributed by atoms with Gasteiger partial charge in [-0.3, -0.25) is 4.90 Å². The molecule has 1 heterocycles. The van der Waals surface area contributed by atoms with E-state index in [-0.39, 0.29) is 0 Å². The first-order valence-electron chi connectivity index (χ1n) is 7.32. The monoisotopic (exact) mass is 245 g/mol. The molecule has 1 aliphatic carbocycles. The van der Waals surface area contributed by atoms with Gasteiger partial charge in [-0.2, -0.15) is 0 Å². The molecule has 2 nitrogen and oxygen atoms in total. The van der Waals surface area contributed by atoms with E-state index in [1.807, 2.05) is 12.1 Å². The highest BCUT2D eigenvalue weighted by Crippen LogP contribution is 2.36. The molecule has 0 amide bonds. The predicted octanol–water partition coefficient (Wildman–Crippen LogP) is 2.98. The first-order chi connectivity index (χ1) is 8.78. The van der Waals surface area contributed by atoms with Crippen molar-refractivity contribution >= 4 is 0 Å². The van der Waals surface area contributed by atoms with E-state index in [0.29, 0.717) is 5.75 Å². The minimum atomic E-state index is 0.424. The Morgan fingerprint density at radius 3 is 3.00 bits per heavy atom. The second-order valence-electron chi connectivity index (χ2n) is 5.87. The molecule has 1 aliphatic heterocycles. The summed E-state index contributed by atoms with van der Waals surface area (Å²) < 4.78 is 0. The number of rotatable bonds is 2. The second kappa shape index (κ2) is 4.93. The fraction of sp³-hybridized carbons (Fsp3) is 0.625. The van der Waals surface area contributed by atoms with E-state index in [4.69, 9.17) is 0 Å². The van der Waals surface area contributed by atoms with Crippen molar-refractivity contribution in [3.8, 4) is 5.75 Å². The molecule has 2 atom stereocenters. The molecule has 98 valence electrons. The topological polar surface area (TPSA) is 23.5 Å². The van der Waals surface area contributed by atoms with Crippen molar-refractivity contribution in [2.24, 2.45) is 5.92 Å². The average Bonchev–Trinajstić information content (AvgIpc) is 2.37. The van der Waals surface area contributed by atoms with Crippen LogP contribution in [0.1, 0.15) is 37.3 Å². The lowest BCUT2D eigenvalue weighted by molar-refractivity contribution is 0.0854. The lowest BCUT2D eigenvalue weighted by Crippen LogP contribution is -2.49. The van der Waals surface area contributed by atoms with Crippen molar-refractivity contribution in [3.05, 3.63) is 29.3 Å². The van der Waals surface area contributed by atoms with Crippen LogP contribution in [0.4, 0.5) is 0 Å². The number of phenolic OH excluding ortho intramolecular Hbond substituents is 1. The maximum atomic E-state index is 9.61. The Morgan fingerprint density at radius 1 is 1.28 bits per heavy atom. The van der Waals surface area contributed by atoms with Gasteiger partial charge in [0.25, 0.3) is 0 Å². The highest BCUT2D eigenvalue weighted by molar-refractivity contribution is 5.37. The van der Waals surface area contributed by atoms with E-state index in [2.05, 4.69) is 17.9 Å². The molecule has 0 bridgehead atoms. The molecule has 1 fully saturated rings. The summed E-state index contributed by atoms with van der Waals surface area (Å²) in [5.74, 6) is 1.23. The van der Waals surface area contributed by atoms with Gasteiger partial charge in [0.15, 0.2) is 0 Å². The molecule has 1 aromatic rings. The van der Waals surface area contributed by atoms with Crippen LogP contribution in [0, 0.1) is 5.92 Å². The molecule has 3 rings (SSSR count). The quantitative estimate of drug-likeness (QED) is 0.866. The minimum Gasteiger partial charge on any atom is -0.508 e. The summed E-state index contributed by atoms with van der Waals surface area (Å²) in [5, 5.41) is 9.61. The average molecular weight is 245 g/mol. The molecule has 0 radical (unpaired) electrons. The van der Waals surface area contributed by atoms with E-state index in [1.165, 1.54) is 49.9 Å². The van der Waals surface area contributed by atoms with Gasteiger partial charge in [-0.25, -0.2) is 0 Å². The summed E-state index contributed by atoms with van der Waals surface area (Å²) in [6.07, 6.45) is 6.30. The molecule has 1 saturated heterocycles. The summed E-state index contributed by atoms with van der Waals surface area (Å²) in [7, 11) is 0. The van der Waals surface area contributed by atoms with E-state index < -0.39 is 0 Å². The fourth-order valence-corrected chi connectivity index (χ4v) is 3.82. The minimum absolute atomic E-state index is 0.424. The predicted molar refractivity (Wildman–Crippen MR) is 73.9 cm³/mol. The van der Waals surface area contributed by atoms with E-state index in [9.17, 15) is 5.11 Å². The Hall–Kier alpha value is -1.02. The molecule has 0 aromatic heterocycles. The maximum Gasteiger partial charge on any atom is 0.115 e. The number of benzene rings is 1. The number of fused-ring (bicyclic) bond motifs is 2. The summed E-state index contributed by atoms with van der Waals surface area (Å²) >= 11 is 0. The maximum absolute atomic E-state index is 9.61. The van der Waals surface area contributed by atoms with Gasteiger partial charge in [-0.15, -0.1) is 0 Å². The zero-order chi connectivity index (χ0) is 12.5. The van der Waals surface area contributed by atoms with Crippen LogP contribution in [0.25, 0.3) is 0 Å². The third-order valence-electron chi connectivity index (χ3n) is 4.65. The van der Waals surface area contributed by atoms with Gasteiger partial charge in [0.05, 0.1) is 0 Å². The lowest BCUT2D eigenvalue weighted by Gasteiger charge is -2.44. The van der Waals surface area contributed by atoms with Crippen LogP contribution in [0.2, 0.25) is 0 Å². The van der Waals surface area contributed by atoms with Crippen LogP contribution in [0.5, 0.6) is 5.75 Å². The molecule has 18 heavy (non-hydrogen) atoms. The Morgan fingerprint density at radius 2 is 2.17 bits per heavy atom. The second-order valence-corrected chi connectivity index (χ2v) is 5.87. The molecular weight excluding hydrogens is 222 g/mol. The molecule has 2 heteroatoms. The molecule has 2 aliphatic rings. The van der Waals surface area contributed by atoms with Gasteiger partial charge in [-0.05, 0) is 74.4 Å². The van der Waals surface area contributed by atoms with Crippen molar-refractivity contribution in [2.75, 3.05) is 13.1 Å². The summed E-state index contributed by atoms with van der Waals surface area (Å²) in [6, 6.07) is 6.69. The van der Waals surface area contributed by atoms with Gasteiger partial charge < -0.3 is 5.11 Å². The van der Waals surface area contributed by atoms with Gasteiger partial charge in [-0.1, -0.05) is 13.0 Å². The Kier molecular flexibility index (Phi) is 3.29. The molecule has 0 spiro atoms. The number of piperidine rings is 1. The zero-order valence-electron chi connectivity index (χ0n) is 11.2. The van der Waals surface area contributed by atoms with E-state index in [1.54, 1.807) is 0 Å². The van der Waals surface area contributed by atoms with E-state index in [0.717, 1.165) is 18.4 Å². The van der Waals surface area contributed by atoms with Crippen molar-refractivity contribution in [3.63, 3.8) is 0 Å². The number of phenols is 1. The van der Waals surface area contributed by atoms with Crippen molar-refractivity contribution in [2.45, 2.75) is 45.1 Å². The summed E-state index contributed by atoms with van der Waals surface area (Å²) in [6.45, 7) is 4.80. The Labute approximate surface area is 110 Å². The van der Waals surface area contributed by atoms with Crippen molar-refractivity contribution in [1.82, 2.24) is 4.90 Å². The third kappa shape index (κ3) is 2.14. The van der Waals surface area contributed by atoms with E-state index >= 15 is 0 Å². The van der Waals surface area contributed by atoms with Crippen LogP contribution in [0.15, 0.2) is 18.2 Å². The number of hydrogen-bond acceptors (Lipinski definition) is 2. The molecule has 1 N–H and O–H groups in total. The smallest absolute Gasteiger partial charge is 0.115 e. The SMILES string of the molecule is CCCN1CCC[C@H]2Cc3cc(O)ccc3C[C@H]21. The molecule has 0 unspecified atom stereocenters. The van der Waals surface area contributed by atoms with Crippen LogP contribution < -0.4 is 0 Å². The van der Waals surface area contributed by atoms with Crippen molar-refractivity contribution < 1.29 is 5.11 Å².